The van der Waals surface area contributed by atoms with Crippen LogP contribution in [0.4, 0.5) is 0 Å². The summed E-state index contributed by atoms with van der Waals surface area (Å²) in [4.78, 5) is 2.63. The standard InChI is InChI=1S/C18H30N2/c1-2-3-4-5-10-18(15-19)20-13-11-16-8-6-7-9-17(16)12-14-20/h6-9,18H,2-5,10-15,19H2,1H3. The molecule has 2 N–H and O–H groups in total. The number of fused-ring (bicyclic) bond motifs is 1. The molecule has 1 unspecified atom stereocenters. The van der Waals surface area contributed by atoms with Gasteiger partial charge in [-0.2, -0.15) is 0 Å². The van der Waals surface area contributed by atoms with Crippen molar-refractivity contribution in [1.29, 1.82) is 0 Å². The van der Waals surface area contributed by atoms with Crippen LogP contribution in [0.15, 0.2) is 24.3 Å². The summed E-state index contributed by atoms with van der Waals surface area (Å²) in [6.45, 7) is 5.42. The fourth-order valence-corrected chi connectivity index (χ4v) is 3.31. The van der Waals surface area contributed by atoms with Gasteiger partial charge in [-0.3, -0.25) is 4.90 Å². The molecule has 1 heterocycles. The zero-order chi connectivity index (χ0) is 14.2. The van der Waals surface area contributed by atoms with E-state index in [0.717, 1.165) is 6.54 Å². The fraction of sp³-hybridized carbons (Fsp3) is 0.667. The highest BCUT2D eigenvalue weighted by Crippen LogP contribution is 2.18. The summed E-state index contributed by atoms with van der Waals surface area (Å²) in [5.41, 5.74) is 9.11. The van der Waals surface area contributed by atoms with Crippen molar-refractivity contribution in [2.45, 2.75) is 57.9 Å². The molecule has 0 amide bonds. The first-order chi connectivity index (χ1) is 9.85. The SMILES string of the molecule is CCCCCCC(CN)N1CCc2ccccc2CC1. The van der Waals surface area contributed by atoms with Gasteiger partial charge in [0, 0.05) is 25.7 Å². The van der Waals surface area contributed by atoms with Crippen molar-refractivity contribution in [3.63, 3.8) is 0 Å². The van der Waals surface area contributed by atoms with Gasteiger partial charge < -0.3 is 5.73 Å². The zero-order valence-electron chi connectivity index (χ0n) is 13.0. The van der Waals surface area contributed by atoms with Gasteiger partial charge in [0.05, 0.1) is 0 Å². The summed E-state index contributed by atoms with van der Waals surface area (Å²) in [7, 11) is 0. The molecule has 1 aromatic carbocycles. The average Bonchev–Trinajstić information content (AvgIpc) is 2.70. The van der Waals surface area contributed by atoms with E-state index in [2.05, 4.69) is 36.1 Å². The molecule has 0 saturated carbocycles. The molecule has 0 aromatic heterocycles. The summed E-state index contributed by atoms with van der Waals surface area (Å²) in [5.74, 6) is 0. The van der Waals surface area contributed by atoms with Crippen LogP contribution in [0, 0.1) is 0 Å². The van der Waals surface area contributed by atoms with Gasteiger partial charge in [0.25, 0.3) is 0 Å². The number of unbranched alkanes of at least 4 members (excludes halogenated alkanes) is 3. The quantitative estimate of drug-likeness (QED) is 0.772. The molecule has 1 aliphatic rings. The van der Waals surface area contributed by atoms with Crippen LogP contribution in [-0.2, 0) is 12.8 Å². The maximum absolute atomic E-state index is 6.03. The summed E-state index contributed by atoms with van der Waals surface area (Å²) in [6, 6.07) is 9.50. The van der Waals surface area contributed by atoms with Gasteiger partial charge in [0.15, 0.2) is 0 Å². The van der Waals surface area contributed by atoms with Crippen molar-refractivity contribution < 1.29 is 0 Å². The van der Waals surface area contributed by atoms with E-state index in [0.29, 0.717) is 6.04 Å². The van der Waals surface area contributed by atoms with Gasteiger partial charge in [-0.1, -0.05) is 56.9 Å². The number of benzene rings is 1. The maximum atomic E-state index is 6.03. The first-order valence-electron chi connectivity index (χ1n) is 8.36. The monoisotopic (exact) mass is 274 g/mol. The minimum absolute atomic E-state index is 0.584. The summed E-state index contributed by atoms with van der Waals surface area (Å²) < 4.78 is 0. The van der Waals surface area contributed by atoms with Gasteiger partial charge in [-0.25, -0.2) is 0 Å². The topological polar surface area (TPSA) is 29.3 Å². The third-order valence-corrected chi connectivity index (χ3v) is 4.63. The number of hydrogen-bond acceptors (Lipinski definition) is 2. The van der Waals surface area contributed by atoms with E-state index >= 15 is 0 Å². The summed E-state index contributed by atoms with van der Waals surface area (Å²) in [5, 5.41) is 0. The molecule has 2 nitrogen and oxygen atoms in total. The van der Waals surface area contributed by atoms with E-state index in [4.69, 9.17) is 5.73 Å². The first-order valence-corrected chi connectivity index (χ1v) is 8.36. The lowest BCUT2D eigenvalue weighted by molar-refractivity contribution is 0.196. The smallest absolute Gasteiger partial charge is 0.0218 e. The molecule has 0 saturated heterocycles. The van der Waals surface area contributed by atoms with Crippen LogP contribution in [0.2, 0.25) is 0 Å². The van der Waals surface area contributed by atoms with Crippen LogP contribution in [-0.4, -0.2) is 30.6 Å². The molecule has 2 heteroatoms. The van der Waals surface area contributed by atoms with Gasteiger partial charge in [0.2, 0.25) is 0 Å². The van der Waals surface area contributed by atoms with Gasteiger partial charge in [-0.05, 0) is 30.4 Å². The molecule has 1 atom stereocenters. The van der Waals surface area contributed by atoms with Crippen LogP contribution in [0.3, 0.4) is 0 Å². The first kappa shape index (κ1) is 15.5. The third-order valence-electron chi connectivity index (χ3n) is 4.63. The number of hydrogen-bond donors (Lipinski definition) is 1. The van der Waals surface area contributed by atoms with E-state index in [-0.39, 0.29) is 0 Å². The van der Waals surface area contributed by atoms with Gasteiger partial charge >= 0.3 is 0 Å². The Morgan fingerprint density at radius 1 is 1.05 bits per heavy atom. The maximum Gasteiger partial charge on any atom is 0.0218 e. The third kappa shape index (κ3) is 4.32. The molecule has 0 spiro atoms. The summed E-state index contributed by atoms with van der Waals surface area (Å²) in [6.07, 6.45) is 9.01. The van der Waals surface area contributed by atoms with Gasteiger partial charge in [-0.15, -0.1) is 0 Å². The minimum atomic E-state index is 0.584. The van der Waals surface area contributed by atoms with E-state index in [1.807, 2.05) is 0 Å². The number of nitrogens with zero attached hydrogens (tertiary/aromatic N) is 1. The average molecular weight is 274 g/mol. The largest absolute Gasteiger partial charge is 0.329 e. The van der Waals surface area contributed by atoms with E-state index in [9.17, 15) is 0 Å². The molecular weight excluding hydrogens is 244 g/mol. The lowest BCUT2D eigenvalue weighted by atomic mass is 10.0. The van der Waals surface area contributed by atoms with Crippen molar-refractivity contribution in [3.8, 4) is 0 Å². The number of rotatable bonds is 7. The molecule has 20 heavy (non-hydrogen) atoms. The second kappa shape index (κ2) is 8.43. The van der Waals surface area contributed by atoms with Crippen molar-refractivity contribution in [3.05, 3.63) is 35.4 Å². The Hall–Kier alpha value is -0.860. The van der Waals surface area contributed by atoms with E-state index in [1.54, 1.807) is 0 Å². The molecule has 2 rings (SSSR count). The Labute approximate surface area is 124 Å². The van der Waals surface area contributed by atoms with Crippen molar-refractivity contribution in [1.82, 2.24) is 4.90 Å². The summed E-state index contributed by atoms with van der Waals surface area (Å²) >= 11 is 0. The highest BCUT2D eigenvalue weighted by molar-refractivity contribution is 5.28. The normalized spacial score (nSPS) is 17.5. The van der Waals surface area contributed by atoms with Crippen LogP contribution in [0.5, 0.6) is 0 Å². The Morgan fingerprint density at radius 3 is 2.25 bits per heavy atom. The van der Waals surface area contributed by atoms with E-state index < -0.39 is 0 Å². The van der Waals surface area contributed by atoms with Crippen LogP contribution in [0.1, 0.15) is 50.2 Å². The predicted octanol–water partition coefficient (Wildman–Crippen LogP) is 3.38. The Balaban J connectivity index is 1.86. The second-order valence-electron chi connectivity index (χ2n) is 6.04. The Bertz CT molecular complexity index is 362. The van der Waals surface area contributed by atoms with Crippen molar-refractivity contribution in [2.75, 3.05) is 19.6 Å². The van der Waals surface area contributed by atoms with Crippen molar-refractivity contribution in [2.24, 2.45) is 5.73 Å². The predicted molar refractivity (Wildman–Crippen MR) is 87.0 cm³/mol. The minimum Gasteiger partial charge on any atom is -0.329 e. The zero-order valence-corrected chi connectivity index (χ0v) is 13.0. The lowest BCUT2D eigenvalue weighted by Crippen LogP contribution is -2.42. The molecule has 1 aromatic rings. The molecule has 0 aliphatic carbocycles. The number of nitrogens with two attached hydrogens (primary N) is 1. The highest BCUT2D eigenvalue weighted by Gasteiger charge is 2.20. The van der Waals surface area contributed by atoms with Crippen LogP contribution >= 0.6 is 0 Å². The van der Waals surface area contributed by atoms with Crippen LogP contribution < -0.4 is 5.73 Å². The molecule has 0 radical (unpaired) electrons. The second-order valence-corrected chi connectivity index (χ2v) is 6.04. The molecular formula is C18H30N2. The lowest BCUT2D eigenvalue weighted by Gasteiger charge is -2.29. The molecule has 0 bridgehead atoms. The van der Waals surface area contributed by atoms with Gasteiger partial charge in [0.1, 0.15) is 0 Å². The Kier molecular flexibility index (Phi) is 6.55. The molecule has 0 fully saturated rings. The van der Waals surface area contributed by atoms with Crippen LogP contribution in [0.25, 0.3) is 0 Å². The fourth-order valence-electron chi connectivity index (χ4n) is 3.31. The molecule has 112 valence electrons. The molecule has 1 aliphatic heterocycles. The highest BCUT2D eigenvalue weighted by atomic mass is 15.2. The van der Waals surface area contributed by atoms with E-state index in [1.165, 1.54) is 69.2 Å². The Morgan fingerprint density at radius 2 is 1.70 bits per heavy atom. The van der Waals surface area contributed by atoms with Crippen molar-refractivity contribution >= 4 is 0 Å².